The molecule has 0 radical (unpaired) electrons. The van der Waals surface area contributed by atoms with Crippen molar-refractivity contribution in [1.29, 1.82) is 0 Å². The summed E-state index contributed by atoms with van der Waals surface area (Å²) in [5.74, 6) is -0.662. The molecular weight excluding hydrogens is 166 g/mol. The fraction of sp³-hybridized carbons (Fsp3) is 0.500. The Morgan fingerprint density at radius 1 is 1.46 bits per heavy atom. The van der Waals surface area contributed by atoms with Gasteiger partial charge in [-0.3, -0.25) is 0 Å². The predicted molar refractivity (Wildman–Crippen MR) is 53.0 cm³/mol. The van der Waals surface area contributed by atoms with Gasteiger partial charge in [-0.2, -0.15) is 0 Å². The van der Waals surface area contributed by atoms with Crippen LogP contribution in [0, 0.1) is 11.8 Å². The van der Waals surface area contributed by atoms with Gasteiger partial charge >= 0.3 is 5.97 Å². The standard InChI is InChI=1S/C10H17NO2/c1-4-5-7(2)8(3)9(11)6-10(12)13/h4-8H,11H2,1-3H3,(H,12,13)/b5-4+,9-6-/t7-,8+/m1/s1. The number of nitrogens with two attached hydrogens (primary N) is 1. The Labute approximate surface area is 78.9 Å². The minimum absolute atomic E-state index is 0.0623. The van der Waals surface area contributed by atoms with Gasteiger partial charge < -0.3 is 10.8 Å². The number of hydrogen-bond donors (Lipinski definition) is 2. The average Bonchev–Trinajstić information content (AvgIpc) is 2.02. The summed E-state index contributed by atoms with van der Waals surface area (Å²) in [5, 5.41) is 8.47. The molecule has 0 aliphatic heterocycles. The molecule has 0 unspecified atom stereocenters. The Morgan fingerprint density at radius 3 is 2.38 bits per heavy atom. The number of hydrogen-bond acceptors (Lipinski definition) is 2. The van der Waals surface area contributed by atoms with Crippen molar-refractivity contribution in [3.63, 3.8) is 0 Å². The highest BCUT2D eigenvalue weighted by Crippen LogP contribution is 2.17. The zero-order valence-corrected chi connectivity index (χ0v) is 8.32. The second kappa shape index (κ2) is 5.41. The number of rotatable bonds is 4. The van der Waals surface area contributed by atoms with Crippen LogP contribution in [0.2, 0.25) is 0 Å². The van der Waals surface area contributed by atoms with Gasteiger partial charge in [-0.15, -0.1) is 0 Å². The molecule has 2 atom stereocenters. The first-order valence-corrected chi connectivity index (χ1v) is 4.31. The first-order chi connectivity index (χ1) is 5.99. The average molecular weight is 183 g/mol. The molecule has 0 bridgehead atoms. The molecule has 0 fully saturated rings. The maximum atomic E-state index is 10.3. The third-order valence-corrected chi connectivity index (χ3v) is 2.10. The molecule has 0 amide bonds. The largest absolute Gasteiger partial charge is 0.478 e. The van der Waals surface area contributed by atoms with Gasteiger partial charge in [-0.25, -0.2) is 4.79 Å². The van der Waals surface area contributed by atoms with Crippen molar-refractivity contribution >= 4 is 5.97 Å². The monoisotopic (exact) mass is 183 g/mol. The van der Waals surface area contributed by atoms with Crippen LogP contribution >= 0.6 is 0 Å². The first-order valence-electron chi connectivity index (χ1n) is 4.31. The lowest BCUT2D eigenvalue weighted by Gasteiger charge is -2.16. The van der Waals surface area contributed by atoms with Crippen LogP contribution in [0.15, 0.2) is 23.9 Å². The van der Waals surface area contributed by atoms with Gasteiger partial charge in [0.05, 0.1) is 0 Å². The molecule has 0 spiro atoms. The van der Waals surface area contributed by atoms with Crippen LogP contribution in [-0.4, -0.2) is 11.1 Å². The molecule has 0 heterocycles. The van der Waals surface area contributed by atoms with E-state index in [1.807, 2.05) is 32.9 Å². The molecular formula is C10H17NO2. The van der Waals surface area contributed by atoms with Crippen LogP contribution in [0.4, 0.5) is 0 Å². The van der Waals surface area contributed by atoms with E-state index in [1.54, 1.807) is 0 Å². The van der Waals surface area contributed by atoms with E-state index in [1.165, 1.54) is 0 Å². The summed E-state index contributed by atoms with van der Waals surface area (Å²) in [7, 11) is 0. The molecule has 0 aromatic heterocycles. The van der Waals surface area contributed by atoms with Gasteiger partial charge in [-0.1, -0.05) is 26.0 Å². The highest BCUT2D eigenvalue weighted by atomic mass is 16.4. The quantitative estimate of drug-likeness (QED) is 0.515. The van der Waals surface area contributed by atoms with E-state index in [0.717, 1.165) is 6.08 Å². The molecule has 0 saturated carbocycles. The SMILES string of the molecule is C/C=C/[C@@H](C)[C@H](C)/C(N)=C/C(=O)O. The van der Waals surface area contributed by atoms with Gasteiger partial charge in [0.25, 0.3) is 0 Å². The van der Waals surface area contributed by atoms with Gasteiger partial charge in [0.15, 0.2) is 0 Å². The molecule has 0 aromatic carbocycles. The summed E-state index contributed by atoms with van der Waals surface area (Å²) >= 11 is 0. The Kier molecular flexibility index (Phi) is 4.89. The third-order valence-electron chi connectivity index (χ3n) is 2.10. The highest BCUT2D eigenvalue weighted by Gasteiger charge is 2.12. The van der Waals surface area contributed by atoms with Crippen molar-refractivity contribution in [2.75, 3.05) is 0 Å². The van der Waals surface area contributed by atoms with Crippen molar-refractivity contribution in [2.45, 2.75) is 20.8 Å². The van der Waals surface area contributed by atoms with Crippen LogP contribution in [0.1, 0.15) is 20.8 Å². The fourth-order valence-corrected chi connectivity index (χ4v) is 1.05. The zero-order valence-electron chi connectivity index (χ0n) is 8.32. The predicted octanol–water partition coefficient (Wildman–Crippen LogP) is 1.76. The Bertz CT molecular complexity index is 231. The molecule has 74 valence electrons. The Balaban J connectivity index is 4.41. The summed E-state index contributed by atoms with van der Waals surface area (Å²) in [5.41, 5.74) is 6.01. The Morgan fingerprint density at radius 2 is 2.00 bits per heavy atom. The summed E-state index contributed by atoms with van der Waals surface area (Å²) in [6, 6.07) is 0. The summed E-state index contributed by atoms with van der Waals surface area (Å²) in [6.07, 6.45) is 5.01. The van der Waals surface area contributed by atoms with E-state index in [-0.39, 0.29) is 11.8 Å². The highest BCUT2D eigenvalue weighted by molar-refractivity contribution is 5.80. The van der Waals surface area contributed by atoms with E-state index in [9.17, 15) is 4.79 Å². The van der Waals surface area contributed by atoms with Crippen molar-refractivity contribution in [3.05, 3.63) is 23.9 Å². The van der Waals surface area contributed by atoms with Crippen LogP contribution < -0.4 is 5.73 Å². The van der Waals surface area contributed by atoms with E-state index in [0.29, 0.717) is 5.70 Å². The molecule has 0 aliphatic rings. The molecule has 0 aromatic rings. The van der Waals surface area contributed by atoms with E-state index < -0.39 is 5.97 Å². The smallest absolute Gasteiger partial charge is 0.330 e. The number of allylic oxidation sites excluding steroid dienone is 3. The summed E-state index contributed by atoms with van der Waals surface area (Å²) in [6.45, 7) is 5.85. The van der Waals surface area contributed by atoms with E-state index in [2.05, 4.69) is 0 Å². The van der Waals surface area contributed by atoms with Crippen molar-refractivity contribution in [1.82, 2.24) is 0 Å². The minimum Gasteiger partial charge on any atom is -0.478 e. The van der Waals surface area contributed by atoms with Crippen molar-refractivity contribution in [2.24, 2.45) is 17.6 Å². The van der Waals surface area contributed by atoms with Crippen molar-refractivity contribution < 1.29 is 9.90 Å². The fourth-order valence-electron chi connectivity index (χ4n) is 1.05. The maximum Gasteiger partial charge on any atom is 0.330 e. The van der Waals surface area contributed by atoms with Crippen LogP contribution in [0.25, 0.3) is 0 Å². The first kappa shape index (κ1) is 11.8. The molecule has 3 N–H and O–H groups in total. The van der Waals surface area contributed by atoms with E-state index in [4.69, 9.17) is 10.8 Å². The number of carbonyl (C=O) groups is 1. The van der Waals surface area contributed by atoms with E-state index >= 15 is 0 Å². The number of carboxylic acids is 1. The summed E-state index contributed by atoms with van der Waals surface area (Å²) < 4.78 is 0. The van der Waals surface area contributed by atoms with Gasteiger partial charge in [0.2, 0.25) is 0 Å². The van der Waals surface area contributed by atoms with Gasteiger partial charge in [0, 0.05) is 17.7 Å². The maximum absolute atomic E-state index is 10.3. The lowest BCUT2D eigenvalue weighted by atomic mass is 9.92. The zero-order chi connectivity index (χ0) is 10.4. The second-order valence-corrected chi connectivity index (χ2v) is 3.16. The van der Waals surface area contributed by atoms with Crippen molar-refractivity contribution in [3.8, 4) is 0 Å². The number of aliphatic carboxylic acids is 1. The molecule has 3 heteroatoms. The van der Waals surface area contributed by atoms with Crippen LogP contribution in [-0.2, 0) is 4.79 Å². The lowest BCUT2D eigenvalue weighted by Crippen LogP contribution is -2.16. The summed E-state index contributed by atoms with van der Waals surface area (Å²) in [4.78, 5) is 10.3. The second-order valence-electron chi connectivity index (χ2n) is 3.16. The van der Waals surface area contributed by atoms with Crippen LogP contribution in [0.5, 0.6) is 0 Å². The number of carboxylic acid groups (broad SMARTS) is 1. The van der Waals surface area contributed by atoms with Gasteiger partial charge in [0.1, 0.15) is 0 Å². The molecule has 3 nitrogen and oxygen atoms in total. The lowest BCUT2D eigenvalue weighted by molar-refractivity contribution is -0.131. The molecule has 0 aliphatic carbocycles. The molecule has 0 rings (SSSR count). The normalized spacial score (nSPS) is 17.3. The third kappa shape index (κ3) is 4.35. The Hall–Kier alpha value is -1.25. The molecule has 0 saturated heterocycles. The topological polar surface area (TPSA) is 63.3 Å². The minimum atomic E-state index is -0.989. The molecule has 13 heavy (non-hydrogen) atoms. The van der Waals surface area contributed by atoms with Crippen LogP contribution in [0.3, 0.4) is 0 Å². The van der Waals surface area contributed by atoms with Gasteiger partial charge in [-0.05, 0) is 12.8 Å².